The summed E-state index contributed by atoms with van der Waals surface area (Å²) in [7, 11) is 0. The molecule has 0 aliphatic heterocycles. The smallest absolute Gasteiger partial charge is 0.303 e. The molecule has 0 saturated carbocycles. The Labute approximate surface area is 122 Å². The summed E-state index contributed by atoms with van der Waals surface area (Å²) in [4.78, 5) is 14.6. The lowest BCUT2D eigenvalue weighted by Gasteiger charge is -1.97. The molecule has 1 aromatic heterocycles. The summed E-state index contributed by atoms with van der Waals surface area (Å²) in [6.07, 6.45) is 1.01. The van der Waals surface area contributed by atoms with Gasteiger partial charge in [0.15, 0.2) is 0 Å². The van der Waals surface area contributed by atoms with Crippen molar-refractivity contribution in [1.29, 1.82) is 0 Å². The Balaban J connectivity index is 2.07. The van der Waals surface area contributed by atoms with Crippen LogP contribution >= 0.6 is 27.5 Å². The number of aryl methyl sites for hydroxylation is 1. The number of hydrogen-bond donors (Lipinski definition) is 1. The van der Waals surface area contributed by atoms with E-state index in [1.165, 1.54) is 0 Å². The van der Waals surface area contributed by atoms with Gasteiger partial charge in [-0.25, -0.2) is 0 Å². The van der Waals surface area contributed by atoms with E-state index in [1.54, 1.807) is 18.2 Å². The van der Waals surface area contributed by atoms with Gasteiger partial charge in [-0.1, -0.05) is 16.8 Å². The van der Waals surface area contributed by atoms with Gasteiger partial charge in [-0.3, -0.25) is 4.79 Å². The van der Waals surface area contributed by atoms with Gasteiger partial charge < -0.3 is 9.63 Å². The zero-order valence-corrected chi connectivity index (χ0v) is 12.1. The number of hydrogen-bond acceptors (Lipinski definition) is 4. The van der Waals surface area contributed by atoms with Crippen LogP contribution in [0.15, 0.2) is 27.2 Å². The lowest BCUT2D eigenvalue weighted by atomic mass is 10.2. The molecule has 2 aromatic rings. The SMILES string of the molecule is O=C(O)CCCc1nc(-c2ccc(Cl)c(Br)c2)no1. The van der Waals surface area contributed by atoms with Gasteiger partial charge >= 0.3 is 5.97 Å². The van der Waals surface area contributed by atoms with E-state index in [4.69, 9.17) is 21.2 Å². The first-order chi connectivity index (χ1) is 9.06. The quantitative estimate of drug-likeness (QED) is 0.896. The summed E-state index contributed by atoms with van der Waals surface area (Å²) in [6.45, 7) is 0. The number of carbonyl (C=O) groups is 1. The zero-order chi connectivity index (χ0) is 13.8. The van der Waals surface area contributed by atoms with Crippen molar-refractivity contribution in [3.05, 3.63) is 33.6 Å². The molecule has 5 nitrogen and oxygen atoms in total. The standard InChI is InChI=1S/C12H10BrClN2O3/c13-8-6-7(4-5-9(8)14)12-15-10(19-16-12)2-1-3-11(17)18/h4-6H,1-3H2,(H,17,18). The molecule has 0 bridgehead atoms. The summed E-state index contributed by atoms with van der Waals surface area (Å²) in [5.74, 6) is 0.0615. The van der Waals surface area contributed by atoms with Gasteiger partial charge in [-0.2, -0.15) is 4.98 Å². The molecule has 0 spiro atoms. The Morgan fingerprint density at radius 1 is 1.47 bits per heavy atom. The third-order valence-electron chi connectivity index (χ3n) is 2.43. The minimum absolute atomic E-state index is 0.0875. The fourth-order valence-electron chi connectivity index (χ4n) is 1.50. The van der Waals surface area contributed by atoms with Gasteiger partial charge in [0.25, 0.3) is 0 Å². The first kappa shape index (κ1) is 14.0. The molecular weight excluding hydrogens is 336 g/mol. The average molecular weight is 346 g/mol. The van der Waals surface area contributed by atoms with Gasteiger partial charge in [0.05, 0.1) is 5.02 Å². The fourth-order valence-corrected chi connectivity index (χ4v) is 2.00. The van der Waals surface area contributed by atoms with Gasteiger partial charge in [-0.15, -0.1) is 0 Å². The van der Waals surface area contributed by atoms with Crippen molar-refractivity contribution in [2.75, 3.05) is 0 Å². The average Bonchev–Trinajstić information content (AvgIpc) is 2.81. The van der Waals surface area contributed by atoms with Crippen molar-refractivity contribution in [2.24, 2.45) is 0 Å². The fraction of sp³-hybridized carbons (Fsp3) is 0.250. The van der Waals surface area contributed by atoms with Gasteiger partial charge in [0.1, 0.15) is 0 Å². The summed E-state index contributed by atoms with van der Waals surface area (Å²) in [5, 5.41) is 13.0. The maximum Gasteiger partial charge on any atom is 0.303 e. The molecule has 0 fully saturated rings. The van der Waals surface area contributed by atoms with Gasteiger partial charge in [0, 0.05) is 22.9 Å². The van der Waals surface area contributed by atoms with Crippen LogP contribution in [0, 0.1) is 0 Å². The maximum atomic E-state index is 10.4. The topological polar surface area (TPSA) is 76.2 Å². The minimum atomic E-state index is -0.832. The van der Waals surface area contributed by atoms with Crippen LogP contribution in [-0.4, -0.2) is 21.2 Å². The van der Waals surface area contributed by atoms with Crippen molar-refractivity contribution in [3.8, 4) is 11.4 Å². The van der Waals surface area contributed by atoms with E-state index in [-0.39, 0.29) is 6.42 Å². The van der Waals surface area contributed by atoms with Crippen LogP contribution in [-0.2, 0) is 11.2 Å². The normalized spacial score (nSPS) is 10.6. The summed E-state index contributed by atoms with van der Waals surface area (Å²) < 4.78 is 5.82. The van der Waals surface area contributed by atoms with E-state index in [0.29, 0.717) is 29.6 Å². The maximum absolute atomic E-state index is 10.4. The number of aliphatic carboxylic acids is 1. The minimum Gasteiger partial charge on any atom is -0.481 e. The predicted octanol–water partition coefficient (Wildman–Crippen LogP) is 3.56. The van der Waals surface area contributed by atoms with Crippen LogP contribution in [0.1, 0.15) is 18.7 Å². The number of nitrogens with zero attached hydrogens (tertiary/aromatic N) is 2. The molecule has 1 N–H and O–H groups in total. The summed E-state index contributed by atoms with van der Waals surface area (Å²) in [6, 6.07) is 5.33. The Bertz CT molecular complexity index is 600. The van der Waals surface area contributed by atoms with E-state index in [2.05, 4.69) is 26.1 Å². The van der Waals surface area contributed by atoms with Crippen molar-refractivity contribution >= 4 is 33.5 Å². The highest BCUT2D eigenvalue weighted by Crippen LogP contribution is 2.27. The molecule has 7 heteroatoms. The molecular formula is C12H10BrClN2O3. The van der Waals surface area contributed by atoms with Crippen LogP contribution in [0.3, 0.4) is 0 Å². The highest BCUT2D eigenvalue weighted by Gasteiger charge is 2.10. The van der Waals surface area contributed by atoms with Crippen LogP contribution < -0.4 is 0 Å². The van der Waals surface area contributed by atoms with Crippen molar-refractivity contribution in [3.63, 3.8) is 0 Å². The molecule has 0 saturated heterocycles. The molecule has 0 aliphatic rings. The van der Waals surface area contributed by atoms with E-state index in [9.17, 15) is 4.79 Å². The van der Waals surface area contributed by atoms with E-state index in [0.717, 1.165) is 10.0 Å². The second-order valence-electron chi connectivity index (χ2n) is 3.89. The molecule has 1 heterocycles. The lowest BCUT2D eigenvalue weighted by Crippen LogP contribution is -1.95. The van der Waals surface area contributed by atoms with E-state index in [1.807, 2.05) is 0 Å². The largest absolute Gasteiger partial charge is 0.481 e. The predicted molar refractivity (Wildman–Crippen MR) is 73.0 cm³/mol. The molecule has 19 heavy (non-hydrogen) atoms. The molecule has 0 atom stereocenters. The first-order valence-corrected chi connectivity index (χ1v) is 6.73. The van der Waals surface area contributed by atoms with Crippen molar-refractivity contribution < 1.29 is 14.4 Å². The third kappa shape index (κ3) is 3.78. The molecule has 0 unspecified atom stereocenters. The molecule has 1 aromatic carbocycles. The summed E-state index contributed by atoms with van der Waals surface area (Å²) >= 11 is 9.23. The van der Waals surface area contributed by atoms with Crippen LogP contribution in [0.5, 0.6) is 0 Å². The first-order valence-electron chi connectivity index (χ1n) is 5.56. The molecule has 0 amide bonds. The Morgan fingerprint density at radius 3 is 2.95 bits per heavy atom. The van der Waals surface area contributed by atoms with E-state index >= 15 is 0 Å². The Hall–Kier alpha value is -1.40. The van der Waals surface area contributed by atoms with Gasteiger partial charge in [0.2, 0.25) is 11.7 Å². The second-order valence-corrected chi connectivity index (χ2v) is 5.15. The van der Waals surface area contributed by atoms with Crippen LogP contribution in [0.2, 0.25) is 5.02 Å². The van der Waals surface area contributed by atoms with E-state index < -0.39 is 5.97 Å². The number of benzene rings is 1. The number of carboxylic acid groups (broad SMARTS) is 1. The second kappa shape index (κ2) is 6.16. The molecule has 100 valence electrons. The lowest BCUT2D eigenvalue weighted by molar-refractivity contribution is -0.137. The zero-order valence-electron chi connectivity index (χ0n) is 9.77. The van der Waals surface area contributed by atoms with Crippen molar-refractivity contribution in [2.45, 2.75) is 19.3 Å². The Kier molecular flexibility index (Phi) is 4.55. The monoisotopic (exact) mass is 344 g/mol. The molecule has 2 rings (SSSR count). The number of aromatic nitrogens is 2. The van der Waals surface area contributed by atoms with Crippen molar-refractivity contribution in [1.82, 2.24) is 10.1 Å². The number of halogens is 2. The third-order valence-corrected chi connectivity index (χ3v) is 3.64. The van der Waals surface area contributed by atoms with Crippen LogP contribution in [0.4, 0.5) is 0 Å². The van der Waals surface area contributed by atoms with Gasteiger partial charge in [-0.05, 0) is 40.5 Å². The highest BCUT2D eigenvalue weighted by molar-refractivity contribution is 9.10. The molecule has 0 radical (unpaired) electrons. The summed E-state index contributed by atoms with van der Waals surface area (Å²) in [5.41, 5.74) is 0.782. The number of carboxylic acids is 1. The highest BCUT2D eigenvalue weighted by atomic mass is 79.9. The van der Waals surface area contributed by atoms with Crippen LogP contribution in [0.25, 0.3) is 11.4 Å². The Morgan fingerprint density at radius 2 is 2.26 bits per heavy atom. The number of rotatable bonds is 5. The molecule has 0 aliphatic carbocycles.